The number of rotatable bonds is 16. The number of benzene rings is 2. The van der Waals surface area contributed by atoms with Gasteiger partial charge in [0.1, 0.15) is 5.58 Å². The smallest absolute Gasteiger partial charge is 0.279 e. The normalized spacial score (nSPS) is 22.7. The molecule has 0 spiro atoms. The van der Waals surface area contributed by atoms with E-state index in [9.17, 15) is 0 Å². The van der Waals surface area contributed by atoms with E-state index in [0.29, 0.717) is 11.8 Å². The molecule has 0 amide bonds. The largest absolute Gasteiger partial charge is 0.470 e. The van der Waals surface area contributed by atoms with Gasteiger partial charge in [-0.25, -0.2) is 0 Å². The van der Waals surface area contributed by atoms with Gasteiger partial charge in [-0.05, 0) is 142 Å². The molecule has 4 heteroatoms. The standard InChI is InChI=1S/C61H83BN2O/c1-16-23-52(64-53-29-20-28-50-56(53)48-26-18-19-27-49(48)61(50,14)15)51(42-63-47-25-21-34-58(8,9)37-38-59(10,11)35-33-47)62(39-22-24-45(17-2)60(12,13)36-32-43(3)4)55-41-44-40-46(57(5,6)7)30-31-54(44)65-55/h16-22,24-31,33,39-43,50,52,56,63-64H,1-2,23,32,34-38H2,3-15H3/b25-21-,39-22+,45-24+,47-33+,51-42-. The van der Waals surface area contributed by atoms with Gasteiger partial charge >= 0.3 is 0 Å². The second-order valence-corrected chi connectivity index (χ2v) is 23.8. The summed E-state index contributed by atoms with van der Waals surface area (Å²) in [6, 6.07) is 18.0. The molecule has 6 rings (SSSR count). The Labute approximate surface area is 396 Å². The van der Waals surface area contributed by atoms with Crippen LogP contribution in [0.25, 0.3) is 11.0 Å². The lowest BCUT2D eigenvalue weighted by atomic mass is 9.41. The highest BCUT2D eigenvalue weighted by Crippen LogP contribution is 2.54. The maximum atomic E-state index is 7.00. The molecule has 3 nitrogen and oxygen atoms in total. The fourth-order valence-electron chi connectivity index (χ4n) is 10.2. The van der Waals surface area contributed by atoms with Crippen molar-refractivity contribution in [2.24, 2.45) is 28.1 Å². The van der Waals surface area contributed by atoms with Crippen molar-refractivity contribution in [3.8, 4) is 0 Å². The van der Waals surface area contributed by atoms with Crippen LogP contribution in [0.1, 0.15) is 158 Å². The van der Waals surface area contributed by atoms with Crippen molar-refractivity contribution in [1.29, 1.82) is 0 Å². The Morgan fingerprint density at radius 1 is 0.938 bits per heavy atom. The van der Waals surface area contributed by atoms with E-state index in [1.165, 1.54) is 52.7 Å². The zero-order valence-electron chi connectivity index (χ0n) is 42.7. The minimum atomic E-state index is -0.214. The van der Waals surface area contributed by atoms with Gasteiger partial charge in [0.15, 0.2) is 0 Å². The molecule has 2 N–H and O–H groups in total. The van der Waals surface area contributed by atoms with Crippen molar-refractivity contribution >= 4 is 23.3 Å². The van der Waals surface area contributed by atoms with Crippen molar-refractivity contribution in [2.45, 2.75) is 158 Å². The first-order chi connectivity index (χ1) is 30.5. The zero-order valence-corrected chi connectivity index (χ0v) is 42.7. The van der Waals surface area contributed by atoms with Gasteiger partial charge in [0.25, 0.3) is 6.71 Å². The van der Waals surface area contributed by atoms with E-state index in [-0.39, 0.29) is 45.7 Å². The number of hydrogen-bond acceptors (Lipinski definition) is 3. The van der Waals surface area contributed by atoms with Gasteiger partial charge in [0.2, 0.25) is 0 Å². The van der Waals surface area contributed by atoms with Crippen LogP contribution in [0.15, 0.2) is 161 Å². The van der Waals surface area contributed by atoms with Crippen LogP contribution in [0, 0.1) is 28.1 Å². The number of furan rings is 1. The molecule has 3 unspecified atom stereocenters. The summed E-state index contributed by atoms with van der Waals surface area (Å²) in [6.45, 7) is 39.1. The molecule has 1 heterocycles. The molecule has 0 fully saturated rings. The predicted octanol–water partition coefficient (Wildman–Crippen LogP) is 15.9. The van der Waals surface area contributed by atoms with E-state index in [1.807, 2.05) is 0 Å². The molecule has 65 heavy (non-hydrogen) atoms. The second kappa shape index (κ2) is 20.0. The van der Waals surface area contributed by atoms with Crippen LogP contribution in [0.3, 0.4) is 0 Å². The van der Waals surface area contributed by atoms with Gasteiger partial charge in [-0.1, -0.05) is 182 Å². The fraction of sp³-hybridized carbons (Fsp3) is 0.475. The molecule has 1 aromatic heterocycles. The van der Waals surface area contributed by atoms with E-state index in [2.05, 4.69) is 235 Å². The van der Waals surface area contributed by atoms with Crippen LogP contribution in [-0.4, -0.2) is 12.8 Å². The van der Waals surface area contributed by atoms with Crippen LogP contribution < -0.4 is 16.3 Å². The molecule has 0 saturated heterocycles. The van der Waals surface area contributed by atoms with Crippen molar-refractivity contribution in [1.82, 2.24) is 10.6 Å². The van der Waals surface area contributed by atoms with E-state index < -0.39 is 0 Å². The van der Waals surface area contributed by atoms with Crippen LogP contribution >= 0.6 is 0 Å². The number of nitrogens with one attached hydrogen (secondary N) is 2. The third-order valence-electron chi connectivity index (χ3n) is 15.0. The summed E-state index contributed by atoms with van der Waals surface area (Å²) in [5, 5.41) is 9.27. The molecule has 3 aliphatic carbocycles. The molecule has 0 radical (unpaired) electrons. The van der Waals surface area contributed by atoms with Gasteiger partial charge in [-0.3, -0.25) is 0 Å². The van der Waals surface area contributed by atoms with Gasteiger partial charge in [0.05, 0.1) is 5.66 Å². The monoisotopic (exact) mass is 871 g/mol. The van der Waals surface area contributed by atoms with Crippen molar-refractivity contribution in [3.05, 3.63) is 174 Å². The Kier molecular flexibility index (Phi) is 15.3. The molecule has 0 saturated carbocycles. The number of allylic oxidation sites excluding steroid dienone is 11. The highest BCUT2D eigenvalue weighted by molar-refractivity contribution is 6.83. The number of fused-ring (bicyclic) bond motifs is 4. The van der Waals surface area contributed by atoms with Gasteiger partial charge in [0, 0.05) is 28.7 Å². The summed E-state index contributed by atoms with van der Waals surface area (Å²) in [5.74, 6) is 3.57. The minimum absolute atomic E-state index is 0.00760. The molecule has 0 aliphatic heterocycles. The summed E-state index contributed by atoms with van der Waals surface area (Å²) in [6.07, 6.45) is 32.5. The molecular formula is C61H83BN2O. The van der Waals surface area contributed by atoms with E-state index in [4.69, 9.17) is 4.42 Å². The Morgan fingerprint density at radius 2 is 1.66 bits per heavy atom. The topological polar surface area (TPSA) is 37.2 Å². The molecule has 3 atom stereocenters. The summed E-state index contributed by atoms with van der Waals surface area (Å²) in [7, 11) is 0. The summed E-state index contributed by atoms with van der Waals surface area (Å²) >= 11 is 0. The molecule has 0 bridgehead atoms. The van der Waals surface area contributed by atoms with Crippen LogP contribution in [-0.2, 0) is 10.8 Å². The van der Waals surface area contributed by atoms with E-state index in [1.54, 1.807) is 0 Å². The SMILES string of the molecule is C=CCC(NC1=CC=CC2C1c1ccccc1C2(C)C)/C(=C/NC1=C/CC(C)(C)CCC(C)(C)C/C=C\1)B(/C=C/C=C(\C=C)C(C)(C)CCC(C)C)c1cc2cc(C(C)(C)C)ccc2o1. The first-order valence-electron chi connectivity index (χ1n) is 24.8. The Balaban J connectivity index is 1.53. The van der Waals surface area contributed by atoms with Crippen LogP contribution in [0.2, 0.25) is 0 Å². The quantitative estimate of drug-likeness (QED) is 0.0855. The lowest BCUT2D eigenvalue weighted by molar-refractivity contribution is 0.241. The van der Waals surface area contributed by atoms with E-state index >= 15 is 0 Å². The second-order valence-electron chi connectivity index (χ2n) is 23.8. The average Bonchev–Trinajstić information content (AvgIpc) is 3.77. The Morgan fingerprint density at radius 3 is 2.35 bits per heavy atom. The molecule has 3 aliphatic rings. The van der Waals surface area contributed by atoms with Crippen molar-refractivity contribution < 1.29 is 4.42 Å². The Bertz CT molecular complexity index is 2390. The molecular weight excluding hydrogens is 787 g/mol. The highest BCUT2D eigenvalue weighted by atomic mass is 16.3. The highest BCUT2D eigenvalue weighted by Gasteiger charge is 2.47. The maximum absolute atomic E-state index is 7.00. The number of hydrogen-bond donors (Lipinski definition) is 2. The predicted molar refractivity (Wildman–Crippen MR) is 285 cm³/mol. The van der Waals surface area contributed by atoms with Gasteiger partial charge in [-0.15, -0.1) is 12.6 Å². The molecule has 2 aromatic carbocycles. The summed E-state index contributed by atoms with van der Waals surface area (Å²) < 4.78 is 7.00. The first kappa shape index (κ1) is 49.7. The fourth-order valence-corrected chi connectivity index (χ4v) is 10.2. The maximum Gasteiger partial charge on any atom is 0.279 e. The van der Waals surface area contributed by atoms with Crippen LogP contribution in [0.4, 0.5) is 0 Å². The minimum Gasteiger partial charge on any atom is -0.470 e. The first-order valence-corrected chi connectivity index (χ1v) is 24.8. The third-order valence-corrected chi connectivity index (χ3v) is 15.0. The average molecular weight is 871 g/mol. The van der Waals surface area contributed by atoms with Gasteiger partial charge < -0.3 is 15.1 Å². The summed E-state index contributed by atoms with van der Waals surface area (Å²) in [4.78, 5) is 0. The zero-order chi connectivity index (χ0) is 47.4. The summed E-state index contributed by atoms with van der Waals surface area (Å²) in [5.41, 5.74) is 11.2. The lowest BCUT2D eigenvalue weighted by Gasteiger charge is -2.35. The molecule has 3 aromatic rings. The van der Waals surface area contributed by atoms with Crippen LogP contribution in [0.5, 0.6) is 0 Å². The van der Waals surface area contributed by atoms with E-state index in [0.717, 1.165) is 48.0 Å². The lowest BCUT2D eigenvalue weighted by Crippen LogP contribution is -2.43. The van der Waals surface area contributed by atoms with Crippen molar-refractivity contribution in [2.75, 3.05) is 0 Å². The third kappa shape index (κ3) is 12.0. The molecule has 346 valence electrons. The Hall–Kier alpha value is -4.70. The van der Waals surface area contributed by atoms with Gasteiger partial charge in [-0.2, -0.15) is 0 Å². The van der Waals surface area contributed by atoms with Crippen molar-refractivity contribution in [3.63, 3.8) is 0 Å².